The number of nitro groups is 1. The highest BCUT2D eigenvalue weighted by Gasteiger charge is 2.35. The van der Waals surface area contributed by atoms with Gasteiger partial charge in [0.1, 0.15) is 0 Å². The van der Waals surface area contributed by atoms with Crippen LogP contribution in [-0.2, 0) is 16.4 Å². The van der Waals surface area contributed by atoms with Gasteiger partial charge in [-0.3, -0.25) is 14.4 Å². The third-order valence-electron chi connectivity index (χ3n) is 4.18. The molecule has 126 valence electrons. The molecular weight excluding hydrogens is 330 g/mol. The quantitative estimate of drug-likeness (QED) is 0.522. The fraction of sp³-hybridized carbons (Fsp3) is 0.250. The molecule has 0 saturated carbocycles. The Bertz CT molecular complexity index is 925. The lowest BCUT2D eigenvalue weighted by Crippen LogP contribution is -2.36. The summed E-state index contributed by atoms with van der Waals surface area (Å²) in [7, 11) is -4.06. The van der Waals surface area contributed by atoms with E-state index in [0.717, 1.165) is 5.56 Å². The van der Waals surface area contributed by atoms with Crippen molar-refractivity contribution in [1.82, 2.24) is 0 Å². The van der Waals surface area contributed by atoms with Gasteiger partial charge in [-0.05, 0) is 43.0 Å². The second-order valence-electron chi connectivity index (χ2n) is 5.71. The number of benzene rings is 2. The molecule has 0 atom stereocenters. The molecule has 8 heteroatoms. The highest BCUT2D eigenvalue weighted by atomic mass is 32.2. The first kappa shape index (κ1) is 16.3. The summed E-state index contributed by atoms with van der Waals surface area (Å²) in [5.41, 5.74) is 7.70. The van der Waals surface area contributed by atoms with Crippen molar-refractivity contribution in [1.29, 1.82) is 0 Å². The number of rotatable bonds is 3. The Labute approximate surface area is 139 Å². The number of nitro benzene ring substituents is 1. The molecule has 2 aromatic carbocycles. The molecule has 2 N–H and O–H groups in total. The Kier molecular flexibility index (Phi) is 3.92. The third-order valence-corrected chi connectivity index (χ3v) is 6.19. The van der Waals surface area contributed by atoms with Crippen LogP contribution in [0.5, 0.6) is 0 Å². The van der Waals surface area contributed by atoms with Gasteiger partial charge in [0.15, 0.2) is 4.90 Å². The number of nitrogens with zero attached hydrogens (tertiary/aromatic N) is 2. The normalized spacial score (nSPS) is 14.3. The lowest BCUT2D eigenvalue weighted by atomic mass is 10.0. The van der Waals surface area contributed by atoms with Gasteiger partial charge in [0.2, 0.25) is 0 Å². The molecule has 7 nitrogen and oxygen atoms in total. The zero-order valence-electron chi connectivity index (χ0n) is 13.1. The highest BCUT2D eigenvalue weighted by Crippen LogP contribution is 2.38. The lowest BCUT2D eigenvalue weighted by Gasteiger charge is -2.31. The van der Waals surface area contributed by atoms with Crippen LogP contribution in [0.3, 0.4) is 0 Å². The first-order chi connectivity index (χ1) is 11.3. The monoisotopic (exact) mass is 347 g/mol. The van der Waals surface area contributed by atoms with Crippen LogP contribution < -0.4 is 10.0 Å². The second-order valence-corrected chi connectivity index (χ2v) is 7.51. The van der Waals surface area contributed by atoms with Crippen molar-refractivity contribution in [2.75, 3.05) is 16.6 Å². The van der Waals surface area contributed by atoms with Gasteiger partial charge in [0.05, 0.1) is 10.6 Å². The number of nitrogen functional groups attached to an aromatic ring is 1. The number of aryl methyl sites for hydroxylation is 1. The maximum atomic E-state index is 13.2. The molecule has 0 radical (unpaired) electrons. The SMILES string of the molecule is Cc1cccc([N+](=O)[O-])c1S(=O)(=O)N1CCCc2c(N)cccc21. The molecule has 0 spiro atoms. The van der Waals surface area contributed by atoms with E-state index in [0.29, 0.717) is 29.8 Å². The molecule has 0 aromatic heterocycles. The molecule has 1 aliphatic rings. The minimum atomic E-state index is -4.06. The van der Waals surface area contributed by atoms with Gasteiger partial charge in [-0.2, -0.15) is 0 Å². The maximum Gasteiger partial charge on any atom is 0.290 e. The zero-order chi connectivity index (χ0) is 17.5. The van der Waals surface area contributed by atoms with E-state index < -0.39 is 20.6 Å². The molecular formula is C16H17N3O4S. The molecule has 1 aliphatic heterocycles. The van der Waals surface area contributed by atoms with E-state index in [9.17, 15) is 18.5 Å². The van der Waals surface area contributed by atoms with E-state index in [1.165, 1.54) is 16.4 Å². The van der Waals surface area contributed by atoms with Crippen LogP contribution in [-0.4, -0.2) is 19.9 Å². The Morgan fingerprint density at radius 1 is 1.21 bits per heavy atom. The van der Waals surface area contributed by atoms with E-state index in [-0.39, 0.29) is 11.4 Å². The average molecular weight is 347 g/mol. The van der Waals surface area contributed by atoms with Gasteiger partial charge in [-0.15, -0.1) is 0 Å². The summed E-state index contributed by atoms with van der Waals surface area (Å²) in [6.07, 6.45) is 1.30. The van der Waals surface area contributed by atoms with E-state index in [1.807, 2.05) is 0 Å². The molecule has 0 saturated heterocycles. The Morgan fingerprint density at radius 2 is 1.92 bits per heavy atom. The largest absolute Gasteiger partial charge is 0.398 e. The molecule has 0 fully saturated rings. The fourth-order valence-electron chi connectivity index (χ4n) is 3.09. The van der Waals surface area contributed by atoms with Crippen molar-refractivity contribution in [3.8, 4) is 0 Å². The molecule has 0 bridgehead atoms. The average Bonchev–Trinajstić information content (AvgIpc) is 2.54. The predicted molar refractivity (Wildman–Crippen MR) is 91.5 cm³/mol. The molecule has 0 amide bonds. The van der Waals surface area contributed by atoms with Crippen LogP contribution in [0, 0.1) is 17.0 Å². The zero-order valence-corrected chi connectivity index (χ0v) is 13.9. The van der Waals surface area contributed by atoms with Crippen LogP contribution in [0.25, 0.3) is 0 Å². The van der Waals surface area contributed by atoms with Gasteiger partial charge in [0, 0.05) is 18.3 Å². The van der Waals surface area contributed by atoms with Crippen molar-refractivity contribution in [2.24, 2.45) is 0 Å². The Morgan fingerprint density at radius 3 is 2.62 bits per heavy atom. The predicted octanol–water partition coefficient (Wildman–Crippen LogP) is 2.63. The number of nitrogens with two attached hydrogens (primary N) is 1. The standard InChI is InChI=1S/C16H17N3O4S/c1-11-5-2-9-15(19(20)21)16(11)24(22,23)18-10-4-6-12-13(17)7-3-8-14(12)18/h2-3,5,7-9H,4,6,10,17H2,1H3. The summed E-state index contributed by atoms with van der Waals surface area (Å²) >= 11 is 0. The lowest BCUT2D eigenvalue weighted by molar-refractivity contribution is -0.387. The van der Waals surface area contributed by atoms with Gasteiger partial charge < -0.3 is 5.73 Å². The molecule has 0 unspecified atom stereocenters. The Hall–Kier alpha value is -2.61. The minimum absolute atomic E-state index is 0.259. The number of hydrogen-bond acceptors (Lipinski definition) is 5. The van der Waals surface area contributed by atoms with E-state index in [4.69, 9.17) is 5.73 Å². The summed E-state index contributed by atoms with van der Waals surface area (Å²) in [6, 6.07) is 9.36. The van der Waals surface area contributed by atoms with Crippen molar-refractivity contribution in [3.05, 3.63) is 57.6 Å². The summed E-state index contributed by atoms with van der Waals surface area (Å²) < 4.78 is 27.6. The molecule has 2 aromatic rings. The number of hydrogen-bond donors (Lipinski definition) is 1. The van der Waals surface area contributed by atoms with E-state index >= 15 is 0 Å². The van der Waals surface area contributed by atoms with Gasteiger partial charge in [0.25, 0.3) is 15.7 Å². The van der Waals surface area contributed by atoms with Gasteiger partial charge in [-0.1, -0.05) is 18.2 Å². The van der Waals surface area contributed by atoms with Gasteiger partial charge >= 0.3 is 0 Å². The minimum Gasteiger partial charge on any atom is -0.398 e. The smallest absolute Gasteiger partial charge is 0.290 e. The van der Waals surface area contributed by atoms with Crippen LogP contribution in [0.15, 0.2) is 41.3 Å². The molecule has 0 aliphatic carbocycles. The number of anilines is 2. The van der Waals surface area contributed by atoms with Gasteiger partial charge in [-0.25, -0.2) is 8.42 Å². The Balaban J connectivity index is 2.22. The summed E-state index contributed by atoms with van der Waals surface area (Å²) in [5, 5.41) is 11.3. The van der Waals surface area contributed by atoms with Crippen LogP contribution in [0.4, 0.5) is 17.1 Å². The number of sulfonamides is 1. The molecule has 3 rings (SSSR count). The van der Waals surface area contributed by atoms with Crippen molar-refractivity contribution in [3.63, 3.8) is 0 Å². The molecule has 24 heavy (non-hydrogen) atoms. The maximum absolute atomic E-state index is 13.2. The second kappa shape index (κ2) is 5.79. The first-order valence-electron chi connectivity index (χ1n) is 7.48. The van der Waals surface area contributed by atoms with E-state index in [2.05, 4.69) is 0 Å². The van der Waals surface area contributed by atoms with Crippen LogP contribution >= 0.6 is 0 Å². The van der Waals surface area contributed by atoms with E-state index in [1.54, 1.807) is 31.2 Å². The number of fused-ring (bicyclic) bond motifs is 1. The first-order valence-corrected chi connectivity index (χ1v) is 8.92. The van der Waals surface area contributed by atoms with Crippen LogP contribution in [0.1, 0.15) is 17.5 Å². The highest BCUT2D eigenvalue weighted by molar-refractivity contribution is 7.93. The topological polar surface area (TPSA) is 107 Å². The van der Waals surface area contributed by atoms with Crippen molar-refractivity contribution < 1.29 is 13.3 Å². The fourth-order valence-corrected chi connectivity index (χ4v) is 5.00. The van der Waals surface area contributed by atoms with Crippen LogP contribution in [0.2, 0.25) is 0 Å². The summed E-state index contributed by atoms with van der Waals surface area (Å²) in [5.74, 6) is 0. The van der Waals surface area contributed by atoms with Crippen molar-refractivity contribution >= 4 is 27.1 Å². The summed E-state index contributed by atoms with van der Waals surface area (Å²) in [4.78, 5) is 10.4. The van der Waals surface area contributed by atoms with Crippen molar-refractivity contribution in [2.45, 2.75) is 24.7 Å². The third kappa shape index (κ3) is 2.48. The molecule has 1 heterocycles. The summed E-state index contributed by atoms with van der Waals surface area (Å²) in [6.45, 7) is 1.83.